The van der Waals surface area contributed by atoms with Crippen LogP contribution in [0.4, 0.5) is 24.0 Å². The van der Waals surface area contributed by atoms with Crippen molar-refractivity contribution in [3.63, 3.8) is 0 Å². The second kappa shape index (κ2) is 7.62. The second-order valence-corrected chi connectivity index (χ2v) is 5.96. The summed E-state index contributed by atoms with van der Waals surface area (Å²) < 4.78 is 37.2. The van der Waals surface area contributed by atoms with E-state index in [1.165, 1.54) is 12.3 Å². The number of carbonyl (C=O) groups is 3. The number of hydrogen-bond donors (Lipinski definition) is 2. The van der Waals surface area contributed by atoms with Crippen LogP contribution in [0.25, 0.3) is 0 Å². The van der Waals surface area contributed by atoms with E-state index >= 15 is 0 Å². The number of rotatable bonds is 5. The molecule has 2 N–H and O–H groups in total. The molecule has 6 nitrogen and oxygen atoms in total. The zero-order chi connectivity index (χ0) is 18.6. The van der Waals surface area contributed by atoms with E-state index in [2.05, 4.69) is 10.3 Å². The Labute approximate surface area is 148 Å². The van der Waals surface area contributed by atoms with Crippen molar-refractivity contribution in [2.75, 3.05) is 10.6 Å². The Morgan fingerprint density at radius 3 is 2.52 bits per heavy atom. The van der Waals surface area contributed by atoms with Crippen molar-refractivity contribution in [3.05, 3.63) is 40.4 Å². The number of Topliss-reactive ketones (excluding diaryl/α,β-unsaturated/α-hetero) is 1. The van der Waals surface area contributed by atoms with Crippen LogP contribution in [-0.2, 0) is 9.59 Å². The molecule has 2 rings (SSSR count). The Balaban J connectivity index is 2.15. The van der Waals surface area contributed by atoms with Gasteiger partial charge in [-0.15, -0.1) is 11.3 Å². The molecule has 25 heavy (non-hydrogen) atoms. The first kappa shape index (κ1) is 18.9. The Morgan fingerprint density at radius 2 is 1.92 bits per heavy atom. The van der Waals surface area contributed by atoms with Gasteiger partial charge in [-0.3, -0.25) is 14.4 Å². The highest BCUT2D eigenvalue weighted by molar-refractivity contribution is 7.13. The van der Waals surface area contributed by atoms with E-state index in [9.17, 15) is 27.6 Å². The van der Waals surface area contributed by atoms with Crippen LogP contribution in [0.15, 0.2) is 29.8 Å². The predicted molar refractivity (Wildman–Crippen MR) is 85.8 cm³/mol. The minimum Gasteiger partial charge on any atom is -0.318 e. The lowest BCUT2D eigenvalue weighted by Gasteiger charge is -2.12. The maximum Gasteiger partial charge on any atom is 0.471 e. The van der Waals surface area contributed by atoms with Gasteiger partial charge in [0.05, 0.1) is 12.1 Å². The molecule has 2 aromatic rings. The number of carbonyl (C=O) groups excluding carboxylic acids is 3. The van der Waals surface area contributed by atoms with Crippen LogP contribution in [0.1, 0.15) is 16.8 Å². The zero-order valence-electron chi connectivity index (χ0n) is 12.2. The van der Waals surface area contributed by atoms with E-state index in [-0.39, 0.29) is 15.7 Å². The van der Waals surface area contributed by atoms with Gasteiger partial charge in [-0.05, 0) is 18.2 Å². The largest absolute Gasteiger partial charge is 0.471 e. The molecule has 0 atom stereocenters. The zero-order valence-corrected chi connectivity index (χ0v) is 13.8. The summed E-state index contributed by atoms with van der Waals surface area (Å²) in [5.74, 6) is -3.73. The first-order valence-electron chi connectivity index (χ1n) is 6.57. The molecule has 11 heteroatoms. The van der Waals surface area contributed by atoms with Crippen molar-refractivity contribution < 1.29 is 27.6 Å². The standard InChI is InChI=1S/C14H9ClF3N3O3S/c15-7-1-2-8(9(5-7)20-12(24)14(16,17)18)10(22)6-11(23)21-13-19-3-4-25-13/h1-5H,6H2,(H,20,24)(H,19,21,23). The summed E-state index contributed by atoms with van der Waals surface area (Å²) in [7, 11) is 0. The van der Waals surface area contributed by atoms with Crippen LogP contribution in [0.2, 0.25) is 5.02 Å². The summed E-state index contributed by atoms with van der Waals surface area (Å²) in [6.07, 6.45) is -4.33. The fraction of sp³-hybridized carbons (Fsp3) is 0.143. The van der Waals surface area contributed by atoms with E-state index < -0.39 is 35.9 Å². The number of hydrogen-bond acceptors (Lipinski definition) is 5. The minimum atomic E-state index is -5.13. The van der Waals surface area contributed by atoms with Gasteiger partial charge < -0.3 is 10.6 Å². The van der Waals surface area contributed by atoms with Crippen molar-refractivity contribution >= 4 is 51.4 Å². The first-order chi connectivity index (χ1) is 11.7. The molecule has 0 saturated carbocycles. The highest BCUT2D eigenvalue weighted by Gasteiger charge is 2.39. The molecule has 0 radical (unpaired) electrons. The highest BCUT2D eigenvalue weighted by atomic mass is 35.5. The Bertz CT molecular complexity index is 809. The van der Waals surface area contributed by atoms with E-state index in [0.29, 0.717) is 0 Å². The lowest BCUT2D eigenvalue weighted by atomic mass is 10.1. The van der Waals surface area contributed by atoms with Crippen LogP contribution in [0.5, 0.6) is 0 Å². The van der Waals surface area contributed by atoms with Gasteiger partial charge >= 0.3 is 12.1 Å². The van der Waals surface area contributed by atoms with Crippen molar-refractivity contribution in [2.24, 2.45) is 0 Å². The molecule has 0 spiro atoms. The van der Waals surface area contributed by atoms with Crippen LogP contribution in [-0.4, -0.2) is 28.8 Å². The number of amides is 2. The number of anilines is 2. The summed E-state index contributed by atoms with van der Waals surface area (Å²) in [6, 6.07) is 3.39. The Morgan fingerprint density at radius 1 is 1.20 bits per heavy atom. The van der Waals surface area contributed by atoms with Crippen LogP contribution >= 0.6 is 22.9 Å². The topological polar surface area (TPSA) is 88.2 Å². The molecule has 1 heterocycles. The summed E-state index contributed by atoms with van der Waals surface area (Å²) in [5.41, 5.74) is -0.696. The molecule has 0 unspecified atom stereocenters. The Kier molecular flexibility index (Phi) is 5.75. The molecule has 1 aromatic heterocycles. The number of nitrogens with zero attached hydrogens (tertiary/aromatic N) is 1. The minimum absolute atomic E-state index is 0.0151. The molecular weight excluding hydrogens is 383 g/mol. The SMILES string of the molecule is O=C(CC(=O)c1ccc(Cl)cc1NC(=O)C(F)(F)F)Nc1nccs1. The van der Waals surface area contributed by atoms with Gasteiger partial charge in [0.2, 0.25) is 5.91 Å². The van der Waals surface area contributed by atoms with Gasteiger partial charge in [0, 0.05) is 22.2 Å². The van der Waals surface area contributed by atoms with Gasteiger partial charge in [0.25, 0.3) is 0 Å². The summed E-state index contributed by atoms with van der Waals surface area (Å²) in [4.78, 5) is 38.9. The third-order valence-corrected chi connectivity index (χ3v) is 3.71. The number of halogens is 4. The number of thiazole rings is 1. The average Bonchev–Trinajstić information content (AvgIpc) is 2.98. The average molecular weight is 392 g/mol. The third-order valence-electron chi connectivity index (χ3n) is 2.79. The lowest BCUT2D eigenvalue weighted by molar-refractivity contribution is -0.167. The highest BCUT2D eigenvalue weighted by Crippen LogP contribution is 2.25. The molecule has 0 aliphatic rings. The lowest BCUT2D eigenvalue weighted by Crippen LogP contribution is -2.30. The number of aromatic nitrogens is 1. The fourth-order valence-corrected chi connectivity index (χ4v) is 2.46. The van der Waals surface area contributed by atoms with Crippen LogP contribution in [0, 0.1) is 0 Å². The molecule has 0 aliphatic carbocycles. The number of nitrogens with one attached hydrogen (secondary N) is 2. The van der Waals surface area contributed by atoms with E-state index in [1.54, 1.807) is 10.7 Å². The van der Waals surface area contributed by atoms with Gasteiger partial charge in [-0.1, -0.05) is 11.6 Å². The van der Waals surface area contributed by atoms with Gasteiger partial charge in [0.15, 0.2) is 10.9 Å². The molecule has 0 saturated heterocycles. The van der Waals surface area contributed by atoms with E-state index in [0.717, 1.165) is 23.5 Å². The second-order valence-electron chi connectivity index (χ2n) is 4.63. The normalized spacial score (nSPS) is 11.0. The maximum atomic E-state index is 12.4. The van der Waals surface area contributed by atoms with Crippen LogP contribution in [0.3, 0.4) is 0 Å². The quantitative estimate of drug-likeness (QED) is 0.603. The molecule has 0 fully saturated rings. The molecule has 0 bridgehead atoms. The molecule has 132 valence electrons. The fourth-order valence-electron chi connectivity index (χ4n) is 1.75. The van der Waals surface area contributed by atoms with Crippen molar-refractivity contribution in [3.8, 4) is 0 Å². The van der Waals surface area contributed by atoms with Crippen molar-refractivity contribution in [1.82, 2.24) is 4.98 Å². The molecule has 0 aliphatic heterocycles. The van der Waals surface area contributed by atoms with Gasteiger partial charge in [-0.25, -0.2) is 4.98 Å². The summed E-state index contributed by atoms with van der Waals surface area (Å²) in [6.45, 7) is 0. The molecule has 1 aromatic carbocycles. The number of benzene rings is 1. The van der Waals surface area contributed by atoms with Gasteiger partial charge in [0.1, 0.15) is 0 Å². The maximum absolute atomic E-state index is 12.4. The molecular formula is C14H9ClF3N3O3S. The van der Waals surface area contributed by atoms with Crippen molar-refractivity contribution in [2.45, 2.75) is 12.6 Å². The molecule has 2 amide bonds. The monoisotopic (exact) mass is 391 g/mol. The van der Waals surface area contributed by atoms with E-state index in [4.69, 9.17) is 11.6 Å². The summed E-state index contributed by atoms with van der Waals surface area (Å²) in [5, 5.41) is 5.86. The van der Waals surface area contributed by atoms with Crippen molar-refractivity contribution in [1.29, 1.82) is 0 Å². The van der Waals surface area contributed by atoms with Gasteiger partial charge in [-0.2, -0.15) is 13.2 Å². The number of ketones is 1. The number of alkyl halides is 3. The van der Waals surface area contributed by atoms with Crippen LogP contribution < -0.4 is 10.6 Å². The summed E-state index contributed by atoms with van der Waals surface area (Å²) >= 11 is 6.83. The first-order valence-corrected chi connectivity index (χ1v) is 7.83. The van der Waals surface area contributed by atoms with E-state index in [1.807, 2.05) is 0 Å². The Hall–Kier alpha value is -2.46. The predicted octanol–water partition coefficient (Wildman–Crippen LogP) is 3.51. The smallest absolute Gasteiger partial charge is 0.318 e. The third kappa shape index (κ3) is 5.26.